The molecule has 14 heavy (non-hydrogen) atoms. The normalized spacial score (nSPS) is 13.1. The molecule has 0 aliphatic rings. The van der Waals surface area contributed by atoms with Crippen LogP contribution in [0.3, 0.4) is 0 Å². The van der Waals surface area contributed by atoms with Gasteiger partial charge in [0.1, 0.15) is 0 Å². The molecular weight excluding hydrogens is 174 g/mol. The number of aryl methyl sites for hydroxylation is 2. The Morgan fingerprint density at radius 2 is 2.29 bits per heavy atom. The molecule has 0 aromatic carbocycles. The molecule has 1 aromatic rings. The molecule has 1 aromatic heterocycles. The summed E-state index contributed by atoms with van der Waals surface area (Å²) in [5.41, 5.74) is 7.17. The lowest BCUT2D eigenvalue weighted by atomic mass is 10.1. The molecule has 1 heterocycles. The smallest absolute Gasteiger partial charge is 0.0521 e. The third kappa shape index (κ3) is 3.92. The quantitative estimate of drug-likeness (QED) is 0.704. The molecule has 1 unspecified atom stereocenters. The average molecular weight is 195 g/mol. The summed E-state index contributed by atoms with van der Waals surface area (Å²) in [6.07, 6.45) is 9.84. The van der Waals surface area contributed by atoms with Gasteiger partial charge in [0, 0.05) is 19.3 Å². The molecule has 0 bridgehead atoms. The highest BCUT2D eigenvalue weighted by Gasteiger charge is 2.00. The highest BCUT2D eigenvalue weighted by atomic mass is 15.2. The summed E-state index contributed by atoms with van der Waals surface area (Å²) in [5.74, 6) is 0. The van der Waals surface area contributed by atoms with E-state index < -0.39 is 0 Å². The molecule has 1 atom stereocenters. The minimum absolute atomic E-state index is 0.392. The number of hydrogen-bond donors (Lipinski definition) is 1. The lowest BCUT2D eigenvalue weighted by Gasteiger charge is -2.06. The van der Waals surface area contributed by atoms with Crippen LogP contribution >= 0.6 is 0 Å². The van der Waals surface area contributed by atoms with Gasteiger partial charge in [-0.2, -0.15) is 5.10 Å². The van der Waals surface area contributed by atoms with E-state index in [1.54, 1.807) is 0 Å². The summed E-state index contributed by atoms with van der Waals surface area (Å²) >= 11 is 0. The second-order valence-electron chi connectivity index (χ2n) is 3.94. The van der Waals surface area contributed by atoms with Crippen molar-refractivity contribution < 1.29 is 0 Å². The van der Waals surface area contributed by atoms with E-state index in [0.29, 0.717) is 6.04 Å². The Bertz CT molecular complexity index is 255. The summed E-state index contributed by atoms with van der Waals surface area (Å²) in [6, 6.07) is 0.392. The molecule has 0 saturated heterocycles. The molecule has 0 saturated carbocycles. The topological polar surface area (TPSA) is 43.8 Å². The van der Waals surface area contributed by atoms with Crippen molar-refractivity contribution in [3.63, 3.8) is 0 Å². The van der Waals surface area contributed by atoms with Crippen LogP contribution in [0.2, 0.25) is 0 Å². The zero-order valence-electron chi connectivity index (χ0n) is 9.24. The van der Waals surface area contributed by atoms with Crippen LogP contribution in [0, 0.1) is 0 Å². The van der Waals surface area contributed by atoms with E-state index in [0.717, 1.165) is 19.3 Å². The SMILES string of the molecule is CCC(N)CCCCc1cnn(C)c1. The average Bonchev–Trinajstić information content (AvgIpc) is 2.58. The third-order valence-corrected chi connectivity index (χ3v) is 2.57. The zero-order chi connectivity index (χ0) is 10.4. The Balaban J connectivity index is 2.10. The molecule has 3 nitrogen and oxygen atoms in total. The fourth-order valence-electron chi connectivity index (χ4n) is 1.54. The Morgan fingerprint density at radius 1 is 1.50 bits per heavy atom. The highest BCUT2D eigenvalue weighted by molar-refractivity contribution is 5.03. The molecule has 0 aliphatic heterocycles. The van der Waals surface area contributed by atoms with Crippen molar-refractivity contribution in [3.8, 4) is 0 Å². The first-order valence-corrected chi connectivity index (χ1v) is 5.45. The van der Waals surface area contributed by atoms with E-state index >= 15 is 0 Å². The maximum atomic E-state index is 5.84. The van der Waals surface area contributed by atoms with Gasteiger partial charge in [0.15, 0.2) is 0 Å². The summed E-state index contributed by atoms with van der Waals surface area (Å²) in [4.78, 5) is 0. The van der Waals surface area contributed by atoms with Gasteiger partial charge in [-0.3, -0.25) is 4.68 Å². The minimum Gasteiger partial charge on any atom is -0.328 e. The Kier molecular flexibility index (Phi) is 4.66. The van der Waals surface area contributed by atoms with E-state index in [2.05, 4.69) is 18.2 Å². The van der Waals surface area contributed by atoms with Crippen molar-refractivity contribution in [2.45, 2.75) is 45.1 Å². The standard InChI is InChI=1S/C11H21N3/c1-3-11(12)7-5-4-6-10-8-13-14(2)9-10/h8-9,11H,3-7,12H2,1-2H3. The summed E-state index contributed by atoms with van der Waals surface area (Å²) < 4.78 is 1.85. The lowest BCUT2D eigenvalue weighted by molar-refractivity contribution is 0.551. The van der Waals surface area contributed by atoms with Gasteiger partial charge in [-0.1, -0.05) is 13.3 Å². The predicted octanol–water partition coefficient (Wildman–Crippen LogP) is 1.87. The molecule has 0 spiro atoms. The van der Waals surface area contributed by atoms with Crippen LogP contribution < -0.4 is 5.73 Å². The van der Waals surface area contributed by atoms with Gasteiger partial charge in [-0.05, 0) is 31.2 Å². The molecule has 2 N–H and O–H groups in total. The fraction of sp³-hybridized carbons (Fsp3) is 0.727. The van der Waals surface area contributed by atoms with Crippen LogP contribution in [0.25, 0.3) is 0 Å². The van der Waals surface area contributed by atoms with Gasteiger partial charge < -0.3 is 5.73 Å². The van der Waals surface area contributed by atoms with Crippen molar-refractivity contribution >= 4 is 0 Å². The van der Waals surface area contributed by atoms with Gasteiger partial charge in [0.25, 0.3) is 0 Å². The van der Waals surface area contributed by atoms with Crippen molar-refractivity contribution in [3.05, 3.63) is 18.0 Å². The Hall–Kier alpha value is -0.830. The maximum absolute atomic E-state index is 5.84. The van der Waals surface area contributed by atoms with Gasteiger partial charge in [0.2, 0.25) is 0 Å². The van der Waals surface area contributed by atoms with Crippen molar-refractivity contribution in [1.29, 1.82) is 0 Å². The van der Waals surface area contributed by atoms with Gasteiger partial charge in [-0.15, -0.1) is 0 Å². The first-order chi connectivity index (χ1) is 6.72. The van der Waals surface area contributed by atoms with Crippen molar-refractivity contribution in [2.75, 3.05) is 0 Å². The summed E-state index contributed by atoms with van der Waals surface area (Å²) in [5, 5.41) is 4.14. The fourth-order valence-corrected chi connectivity index (χ4v) is 1.54. The summed E-state index contributed by atoms with van der Waals surface area (Å²) in [7, 11) is 1.95. The molecule has 0 aliphatic carbocycles. The van der Waals surface area contributed by atoms with Crippen LogP contribution in [0.5, 0.6) is 0 Å². The number of unbranched alkanes of at least 4 members (excludes halogenated alkanes) is 1. The second-order valence-corrected chi connectivity index (χ2v) is 3.94. The van der Waals surface area contributed by atoms with Crippen molar-refractivity contribution in [1.82, 2.24) is 9.78 Å². The van der Waals surface area contributed by atoms with E-state index in [9.17, 15) is 0 Å². The van der Waals surface area contributed by atoms with Crippen LogP contribution in [0.15, 0.2) is 12.4 Å². The number of hydrogen-bond acceptors (Lipinski definition) is 2. The van der Waals surface area contributed by atoms with Gasteiger partial charge >= 0.3 is 0 Å². The molecule has 0 amide bonds. The van der Waals surface area contributed by atoms with Crippen molar-refractivity contribution in [2.24, 2.45) is 12.8 Å². The van der Waals surface area contributed by atoms with Crippen LogP contribution in [0.4, 0.5) is 0 Å². The number of nitrogens with two attached hydrogens (primary N) is 1. The molecular formula is C11H21N3. The lowest BCUT2D eigenvalue weighted by Crippen LogP contribution is -2.17. The first-order valence-electron chi connectivity index (χ1n) is 5.45. The van der Waals surface area contributed by atoms with Gasteiger partial charge in [0.05, 0.1) is 6.20 Å². The largest absolute Gasteiger partial charge is 0.328 e. The molecule has 3 heteroatoms. The third-order valence-electron chi connectivity index (χ3n) is 2.57. The predicted molar refractivity (Wildman–Crippen MR) is 59.0 cm³/mol. The van der Waals surface area contributed by atoms with E-state index in [1.807, 2.05) is 17.9 Å². The highest BCUT2D eigenvalue weighted by Crippen LogP contribution is 2.07. The summed E-state index contributed by atoms with van der Waals surface area (Å²) in [6.45, 7) is 2.14. The molecule has 80 valence electrons. The van der Waals surface area contributed by atoms with E-state index in [-0.39, 0.29) is 0 Å². The zero-order valence-corrected chi connectivity index (χ0v) is 9.24. The molecule has 0 fully saturated rings. The first kappa shape index (κ1) is 11.2. The van der Waals surface area contributed by atoms with Crippen LogP contribution in [-0.2, 0) is 13.5 Å². The van der Waals surface area contributed by atoms with E-state index in [1.165, 1.54) is 18.4 Å². The molecule has 1 rings (SSSR count). The Morgan fingerprint density at radius 3 is 2.86 bits per heavy atom. The second kappa shape index (κ2) is 5.81. The van der Waals surface area contributed by atoms with Crippen LogP contribution in [0.1, 0.15) is 38.2 Å². The number of nitrogens with zero attached hydrogens (tertiary/aromatic N) is 2. The Labute approximate surface area is 86.3 Å². The number of rotatable bonds is 6. The van der Waals surface area contributed by atoms with Gasteiger partial charge in [-0.25, -0.2) is 0 Å². The van der Waals surface area contributed by atoms with Crippen LogP contribution in [-0.4, -0.2) is 15.8 Å². The minimum atomic E-state index is 0.392. The van der Waals surface area contributed by atoms with E-state index in [4.69, 9.17) is 5.73 Å². The maximum Gasteiger partial charge on any atom is 0.0521 e. The number of aromatic nitrogens is 2. The monoisotopic (exact) mass is 195 g/mol. The molecule has 0 radical (unpaired) electrons.